The summed E-state index contributed by atoms with van der Waals surface area (Å²) in [5.41, 5.74) is 0.544. The zero-order chi connectivity index (χ0) is 13.2. The molecule has 0 aromatic rings. The maximum absolute atomic E-state index is 5.82. The summed E-state index contributed by atoms with van der Waals surface area (Å²) >= 11 is 0. The molecular formula is C16H31NO. The molecule has 18 heavy (non-hydrogen) atoms. The molecule has 2 aliphatic rings. The fraction of sp³-hybridized carbons (Fsp3) is 1.00. The molecule has 0 radical (unpaired) electrons. The van der Waals surface area contributed by atoms with Gasteiger partial charge >= 0.3 is 0 Å². The molecule has 1 N–H and O–H groups in total. The summed E-state index contributed by atoms with van der Waals surface area (Å²) in [6, 6.07) is 0.604. The Labute approximate surface area is 113 Å². The molecule has 3 unspecified atom stereocenters. The Kier molecular flexibility index (Phi) is 4.71. The predicted octanol–water partition coefficient (Wildman–Crippen LogP) is 3.61. The van der Waals surface area contributed by atoms with Gasteiger partial charge in [-0.25, -0.2) is 0 Å². The van der Waals surface area contributed by atoms with Crippen molar-refractivity contribution in [2.45, 2.75) is 71.9 Å². The van der Waals surface area contributed by atoms with Crippen LogP contribution in [0.15, 0.2) is 0 Å². The van der Waals surface area contributed by atoms with Crippen molar-refractivity contribution >= 4 is 0 Å². The molecule has 2 nitrogen and oxygen atoms in total. The minimum Gasteiger partial charge on any atom is -0.379 e. The van der Waals surface area contributed by atoms with Gasteiger partial charge in [-0.15, -0.1) is 0 Å². The molecule has 3 atom stereocenters. The van der Waals surface area contributed by atoms with E-state index in [0.29, 0.717) is 17.6 Å². The maximum atomic E-state index is 5.82. The van der Waals surface area contributed by atoms with Gasteiger partial charge in [0.2, 0.25) is 0 Å². The first-order valence-corrected chi connectivity index (χ1v) is 7.87. The molecule has 0 spiro atoms. The number of nitrogens with one attached hydrogen (secondary N) is 1. The molecule has 2 bridgehead atoms. The molecule has 2 aliphatic carbocycles. The van der Waals surface area contributed by atoms with Crippen LogP contribution in [-0.2, 0) is 4.74 Å². The van der Waals surface area contributed by atoms with E-state index >= 15 is 0 Å². The van der Waals surface area contributed by atoms with Crippen molar-refractivity contribution in [3.05, 3.63) is 0 Å². The first kappa shape index (κ1) is 14.3. The summed E-state index contributed by atoms with van der Waals surface area (Å²) in [4.78, 5) is 0. The number of rotatable bonds is 7. The van der Waals surface area contributed by atoms with Gasteiger partial charge in [-0.05, 0) is 56.8 Å². The van der Waals surface area contributed by atoms with Crippen LogP contribution in [0.3, 0.4) is 0 Å². The van der Waals surface area contributed by atoms with Crippen LogP contribution >= 0.6 is 0 Å². The van der Waals surface area contributed by atoms with Crippen LogP contribution in [0.2, 0.25) is 0 Å². The smallest absolute Gasteiger partial charge is 0.0518 e. The van der Waals surface area contributed by atoms with Gasteiger partial charge < -0.3 is 10.1 Å². The molecule has 2 heteroatoms. The number of hydrogen-bond acceptors (Lipinski definition) is 2. The van der Waals surface area contributed by atoms with Gasteiger partial charge in [-0.3, -0.25) is 0 Å². The van der Waals surface area contributed by atoms with Crippen molar-refractivity contribution in [3.63, 3.8) is 0 Å². The Bertz CT molecular complexity index is 264. The van der Waals surface area contributed by atoms with E-state index in [2.05, 4.69) is 33.0 Å². The van der Waals surface area contributed by atoms with Crippen LogP contribution < -0.4 is 5.32 Å². The maximum Gasteiger partial charge on any atom is 0.0518 e. The van der Waals surface area contributed by atoms with Crippen LogP contribution in [0.5, 0.6) is 0 Å². The van der Waals surface area contributed by atoms with Gasteiger partial charge in [0, 0.05) is 19.2 Å². The van der Waals surface area contributed by atoms with E-state index in [4.69, 9.17) is 4.74 Å². The minimum absolute atomic E-state index is 0.374. The summed E-state index contributed by atoms with van der Waals surface area (Å²) < 4.78 is 5.82. The summed E-state index contributed by atoms with van der Waals surface area (Å²) in [5.74, 6) is 1.98. The van der Waals surface area contributed by atoms with Gasteiger partial charge in [-0.1, -0.05) is 20.3 Å². The highest BCUT2D eigenvalue weighted by atomic mass is 16.5. The van der Waals surface area contributed by atoms with E-state index in [1.165, 1.54) is 38.6 Å². The van der Waals surface area contributed by atoms with Crippen LogP contribution in [0.1, 0.15) is 59.8 Å². The van der Waals surface area contributed by atoms with Gasteiger partial charge in [0.1, 0.15) is 0 Å². The first-order chi connectivity index (χ1) is 8.52. The van der Waals surface area contributed by atoms with Crippen molar-refractivity contribution in [2.75, 3.05) is 13.2 Å². The van der Waals surface area contributed by atoms with E-state index in [9.17, 15) is 0 Å². The van der Waals surface area contributed by atoms with Crippen molar-refractivity contribution < 1.29 is 4.74 Å². The number of ether oxygens (including phenoxy) is 1. The van der Waals surface area contributed by atoms with E-state index in [-0.39, 0.29) is 0 Å². The monoisotopic (exact) mass is 253 g/mol. The SMILES string of the molecule is CC(C)NCC1(CCOC(C)C)CC2CCC1C2. The largest absolute Gasteiger partial charge is 0.379 e. The van der Waals surface area contributed by atoms with Crippen molar-refractivity contribution in [2.24, 2.45) is 17.3 Å². The normalized spacial score (nSPS) is 35.0. The number of hydrogen-bond donors (Lipinski definition) is 1. The van der Waals surface area contributed by atoms with Gasteiger partial charge in [0.25, 0.3) is 0 Å². The van der Waals surface area contributed by atoms with E-state index < -0.39 is 0 Å². The Balaban J connectivity index is 1.90. The lowest BCUT2D eigenvalue weighted by atomic mass is 9.71. The molecule has 0 aromatic carbocycles. The summed E-state index contributed by atoms with van der Waals surface area (Å²) in [6.45, 7) is 10.9. The number of fused-ring (bicyclic) bond motifs is 2. The molecule has 0 amide bonds. The quantitative estimate of drug-likeness (QED) is 0.748. The summed E-state index contributed by atoms with van der Waals surface area (Å²) in [5, 5.41) is 3.70. The molecule has 0 aliphatic heterocycles. The fourth-order valence-electron chi connectivity index (χ4n) is 4.07. The summed E-state index contributed by atoms with van der Waals surface area (Å²) in [6.07, 6.45) is 7.51. The topological polar surface area (TPSA) is 21.3 Å². The second-order valence-corrected chi connectivity index (χ2v) is 7.15. The molecule has 0 saturated heterocycles. The third kappa shape index (κ3) is 3.27. The predicted molar refractivity (Wildman–Crippen MR) is 76.7 cm³/mol. The van der Waals surface area contributed by atoms with Crippen LogP contribution in [0, 0.1) is 17.3 Å². The second kappa shape index (κ2) is 5.92. The molecule has 106 valence electrons. The Hall–Kier alpha value is -0.0800. The van der Waals surface area contributed by atoms with E-state index in [1.807, 2.05) is 0 Å². The highest BCUT2D eigenvalue weighted by Gasteiger charge is 2.50. The third-order valence-corrected chi connectivity index (χ3v) is 5.02. The zero-order valence-corrected chi connectivity index (χ0v) is 12.7. The van der Waals surface area contributed by atoms with E-state index in [1.54, 1.807) is 0 Å². The summed E-state index contributed by atoms with van der Waals surface area (Å²) in [7, 11) is 0. The van der Waals surface area contributed by atoms with Gasteiger partial charge in [0.05, 0.1) is 6.10 Å². The van der Waals surface area contributed by atoms with Gasteiger partial charge in [-0.2, -0.15) is 0 Å². The first-order valence-electron chi connectivity index (χ1n) is 7.87. The van der Waals surface area contributed by atoms with Crippen molar-refractivity contribution in [1.29, 1.82) is 0 Å². The molecule has 2 fully saturated rings. The molecule has 2 rings (SSSR count). The average Bonchev–Trinajstić information content (AvgIpc) is 2.86. The second-order valence-electron chi connectivity index (χ2n) is 7.15. The molecule has 0 aromatic heterocycles. The lowest BCUT2D eigenvalue weighted by molar-refractivity contribution is 0.0316. The lowest BCUT2D eigenvalue weighted by Gasteiger charge is -2.39. The standard InChI is InChI=1S/C16H31NO/c1-12(2)17-11-16(7-8-18-13(3)4)10-14-5-6-15(16)9-14/h12-15,17H,5-11H2,1-4H3. The van der Waals surface area contributed by atoms with Crippen molar-refractivity contribution in [1.82, 2.24) is 5.32 Å². The molecule has 2 saturated carbocycles. The third-order valence-electron chi connectivity index (χ3n) is 5.02. The van der Waals surface area contributed by atoms with Crippen LogP contribution in [0.4, 0.5) is 0 Å². The van der Waals surface area contributed by atoms with Crippen LogP contribution in [0.25, 0.3) is 0 Å². The highest BCUT2D eigenvalue weighted by Crippen LogP contribution is 2.57. The highest BCUT2D eigenvalue weighted by molar-refractivity contribution is 5.01. The average molecular weight is 253 g/mol. The zero-order valence-electron chi connectivity index (χ0n) is 12.7. The van der Waals surface area contributed by atoms with Gasteiger partial charge in [0.15, 0.2) is 0 Å². The fourth-order valence-corrected chi connectivity index (χ4v) is 4.07. The molecular weight excluding hydrogens is 222 g/mol. The minimum atomic E-state index is 0.374. The molecule has 0 heterocycles. The lowest BCUT2D eigenvalue weighted by Crippen LogP contribution is -2.42. The van der Waals surface area contributed by atoms with Crippen molar-refractivity contribution in [3.8, 4) is 0 Å². The van der Waals surface area contributed by atoms with Crippen LogP contribution in [-0.4, -0.2) is 25.3 Å². The Morgan fingerprint density at radius 3 is 2.50 bits per heavy atom. The Morgan fingerprint density at radius 1 is 1.22 bits per heavy atom. The Morgan fingerprint density at radius 2 is 2.00 bits per heavy atom. The van der Waals surface area contributed by atoms with E-state index in [0.717, 1.165) is 18.4 Å².